The van der Waals surface area contributed by atoms with E-state index in [4.69, 9.17) is 11.6 Å². The minimum Gasteiger partial charge on any atom is -0.468 e. The molecule has 0 bridgehead atoms. The van der Waals surface area contributed by atoms with Gasteiger partial charge in [-0.2, -0.15) is 0 Å². The lowest BCUT2D eigenvalue weighted by Gasteiger charge is -2.23. The van der Waals surface area contributed by atoms with Crippen LogP contribution in [0.4, 0.5) is 0 Å². The predicted octanol–water partition coefficient (Wildman–Crippen LogP) is 2.82. The lowest BCUT2D eigenvalue weighted by molar-refractivity contribution is -0.146. The summed E-state index contributed by atoms with van der Waals surface area (Å²) in [5.41, 5.74) is 0. The molecule has 4 nitrogen and oxygen atoms in total. The highest BCUT2D eigenvalue weighted by atomic mass is 35.5. The van der Waals surface area contributed by atoms with E-state index in [2.05, 4.69) is 4.74 Å². The van der Waals surface area contributed by atoms with Gasteiger partial charge in [0.15, 0.2) is 0 Å². The third kappa shape index (κ3) is 5.04. The molecular formula is C13H16ClNO3S. The average Bonchev–Trinajstić information content (AvgIpc) is 2.78. The van der Waals surface area contributed by atoms with Gasteiger partial charge in [-0.1, -0.05) is 11.6 Å². The number of amides is 1. The third-order valence-corrected chi connectivity index (χ3v) is 3.61. The zero-order chi connectivity index (χ0) is 14.4. The normalized spacial score (nSPS) is 11.0. The summed E-state index contributed by atoms with van der Waals surface area (Å²) in [6, 6.07) is 3.52. The van der Waals surface area contributed by atoms with Gasteiger partial charge in [0, 0.05) is 17.0 Å². The monoisotopic (exact) mass is 301 g/mol. The number of thiophene rings is 1. The molecule has 0 aliphatic heterocycles. The van der Waals surface area contributed by atoms with Crippen LogP contribution in [0.25, 0.3) is 6.08 Å². The van der Waals surface area contributed by atoms with Gasteiger partial charge in [0.2, 0.25) is 5.91 Å². The van der Waals surface area contributed by atoms with Crippen molar-refractivity contribution in [3.8, 4) is 0 Å². The largest absolute Gasteiger partial charge is 0.468 e. The number of hydrogen-bond acceptors (Lipinski definition) is 4. The molecule has 0 saturated carbocycles. The number of halogens is 1. The fraction of sp³-hybridized carbons (Fsp3) is 0.385. The van der Waals surface area contributed by atoms with Crippen LogP contribution in [0.15, 0.2) is 18.2 Å². The molecule has 6 heteroatoms. The van der Waals surface area contributed by atoms with Crippen molar-refractivity contribution in [2.45, 2.75) is 19.9 Å². The maximum Gasteiger partial charge on any atom is 0.325 e. The number of hydrogen-bond donors (Lipinski definition) is 0. The van der Waals surface area contributed by atoms with Gasteiger partial charge in [-0.05, 0) is 32.1 Å². The molecule has 1 amide bonds. The molecule has 0 atom stereocenters. The van der Waals surface area contributed by atoms with E-state index in [1.165, 1.54) is 29.4 Å². The number of methoxy groups -OCH3 is 1. The lowest BCUT2D eigenvalue weighted by atomic mass is 10.3. The molecule has 0 aromatic carbocycles. The Morgan fingerprint density at radius 3 is 2.63 bits per heavy atom. The van der Waals surface area contributed by atoms with Crippen molar-refractivity contribution >= 4 is 40.9 Å². The van der Waals surface area contributed by atoms with Crippen molar-refractivity contribution in [1.82, 2.24) is 4.90 Å². The van der Waals surface area contributed by atoms with Crippen LogP contribution in [0.3, 0.4) is 0 Å². The molecule has 0 fully saturated rings. The number of nitrogens with zero attached hydrogens (tertiary/aromatic N) is 1. The quantitative estimate of drug-likeness (QED) is 0.620. The highest BCUT2D eigenvalue weighted by Gasteiger charge is 2.18. The van der Waals surface area contributed by atoms with E-state index in [0.717, 1.165) is 4.88 Å². The molecule has 0 unspecified atom stereocenters. The highest BCUT2D eigenvalue weighted by molar-refractivity contribution is 7.17. The molecule has 0 spiro atoms. The van der Waals surface area contributed by atoms with Gasteiger partial charge >= 0.3 is 5.97 Å². The predicted molar refractivity (Wildman–Crippen MR) is 77.2 cm³/mol. The summed E-state index contributed by atoms with van der Waals surface area (Å²) in [7, 11) is 1.30. The fourth-order valence-electron chi connectivity index (χ4n) is 1.39. The molecule has 0 aliphatic carbocycles. The Balaban J connectivity index is 2.72. The van der Waals surface area contributed by atoms with Gasteiger partial charge in [0.1, 0.15) is 6.54 Å². The minimum absolute atomic E-state index is 0.0530. The van der Waals surface area contributed by atoms with Crippen LogP contribution in [-0.2, 0) is 14.3 Å². The number of carbonyl (C=O) groups excluding carboxylic acids is 2. The van der Waals surface area contributed by atoms with Gasteiger partial charge in [-0.15, -0.1) is 11.3 Å². The van der Waals surface area contributed by atoms with Gasteiger partial charge < -0.3 is 9.64 Å². The Kier molecular flexibility index (Phi) is 6.05. The number of carbonyl (C=O) groups is 2. The SMILES string of the molecule is COC(=O)CN(C(=O)/C=C/c1ccc(Cl)s1)C(C)C. The van der Waals surface area contributed by atoms with Gasteiger partial charge in [-0.3, -0.25) is 9.59 Å². The molecule has 104 valence electrons. The van der Waals surface area contributed by atoms with Crippen molar-refractivity contribution in [3.05, 3.63) is 27.4 Å². The van der Waals surface area contributed by atoms with Gasteiger partial charge in [-0.25, -0.2) is 0 Å². The average molecular weight is 302 g/mol. The lowest BCUT2D eigenvalue weighted by Crippen LogP contribution is -2.40. The third-order valence-electron chi connectivity index (χ3n) is 2.42. The second-order valence-electron chi connectivity index (χ2n) is 4.11. The maximum atomic E-state index is 12.0. The smallest absolute Gasteiger partial charge is 0.325 e. The molecule has 1 aromatic heterocycles. The van der Waals surface area contributed by atoms with Crippen LogP contribution in [-0.4, -0.2) is 36.5 Å². The second-order valence-corrected chi connectivity index (χ2v) is 5.86. The first-order valence-corrected chi connectivity index (χ1v) is 6.94. The maximum absolute atomic E-state index is 12.0. The fourth-order valence-corrected chi connectivity index (χ4v) is 2.35. The standard InChI is InChI=1S/C13H16ClNO3S/c1-9(2)15(8-13(17)18-3)12(16)7-5-10-4-6-11(14)19-10/h4-7,9H,8H2,1-3H3/b7-5+. The molecule has 0 saturated heterocycles. The van der Waals surface area contributed by atoms with E-state index in [1.54, 1.807) is 12.1 Å². The van der Waals surface area contributed by atoms with Crippen molar-refractivity contribution < 1.29 is 14.3 Å². The van der Waals surface area contributed by atoms with E-state index >= 15 is 0 Å². The zero-order valence-corrected chi connectivity index (χ0v) is 12.6. The first kappa shape index (κ1) is 15.7. The van der Waals surface area contributed by atoms with E-state index in [1.807, 2.05) is 19.9 Å². The zero-order valence-electron chi connectivity index (χ0n) is 11.1. The van der Waals surface area contributed by atoms with Gasteiger partial charge in [0.05, 0.1) is 11.4 Å². The first-order chi connectivity index (χ1) is 8.93. The van der Waals surface area contributed by atoms with Crippen molar-refractivity contribution in [1.29, 1.82) is 0 Å². The number of rotatable bonds is 5. The summed E-state index contributed by atoms with van der Waals surface area (Å²) in [6.07, 6.45) is 3.12. The summed E-state index contributed by atoms with van der Waals surface area (Å²) in [6.45, 7) is 3.63. The molecule has 0 radical (unpaired) electrons. The Hall–Kier alpha value is -1.33. The van der Waals surface area contributed by atoms with E-state index in [-0.39, 0.29) is 18.5 Å². The van der Waals surface area contributed by atoms with Crippen molar-refractivity contribution in [3.63, 3.8) is 0 Å². The summed E-state index contributed by atoms with van der Waals surface area (Å²) in [5, 5.41) is 0. The Morgan fingerprint density at radius 2 is 2.16 bits per heavy atom. The minimum atomic E-state index is -0.436. The molecule has 1 heterocycles. The summed E-state index contributed by atoms with van der Waals surface area (Å²) >= 11 is 7.19. The first-order valence-electron chi connectivity index (χ1n) is 5.75. The Bertz CT molecular complexity index is 482. The highest BCUT2D eigenvalue weighted by Crippen LogP contribution is 2.22. The van der Waals surface area contributed by atoms with Crippen LogP contribution < -0.4 is 0 Å². The molecule has 0 aliphatic rings. The van der Waals surface area contributed by atoms with Crippen LogP contribution in [0, 0.1) is 0 Å². The van der Waals surface area contributed by atoms with Crippen molar-refractivity contribution in [2.75, 3.05) is 13.7 Å². The van der Waals surface area contributed by atoms with Gasteiger partial charge in [0.25, 0.3) is 0 Å². The van der Waals surface area contributed by atoms with E-state index in [9.17, 15) is 9.59 Å². The number of ether oxygens (including phenoxy) is 1. The Morgan fingerprint density at radius 1 is 1.47 bits per heavy atom. The Labute approximate surface area is 121 Å². The van der Waals surface area contributed by atoms with Crippen LogP contribution in [0.1, 0.15) is 18.7 Å². The van der Waals surface area contributed by atoms with Crippen molar-refractivity contribution in [2.24, 2.45) is 0 Å². The van der Waals surface area contributed by atoms with Crippen LogP contribution >= 0.6 is 22.9 Å². The topological polar surface area (TPSA) is 46.6 Å². The molecule has 0 N–H and O–H groups in total. The van der Waals surface area contributed by atoms with E-state index in [0.29, 0.717) is 4.34 Å². The molecule has 19 heavy (non-hydrogen) atoms. The second kappa shape index (κ2) is 7.31. The summed E-state index contributed by atoms with van der Waals surface area (Å²) in [4.78, 5) is 25.6. The summed E-state index contributed by atoms with van der Waals surface area (Å²) < 4.78 is 5.24. The molecule has 1 rings (SSSR count). The van der Waals surface area contributed by atoms with Crippen LogP contribution in [0.5, 0.6) is 0 Å². The van der Waals surface area contributed by atoms with Crippen LogP contribution in [0.2, 0.25) is 4.34 Å². The molecular weight excluding hydrogens is 286 g/mol. The van der Waals surface area contributed by atoms with E-state index < -0.39 is 5.97 Å². The number of esters is 1. The summed E-state index contributed by atoms with van der Waals surface area (Å²) in [5.74, 6) is -0.667. The molecule has 1 aromatic rings.